The van der Waals surface area contributed by atoms with Gasteiger partial charge in [-0.15, -0.1) is 22.7 Å². The van der Waals surface area contributed by atoms with Crippen LogP contribution in [0.2, 0.25) is 0 Å². The summed E-state index contributed by atoms with van der Waals surface area (Å²) in [6, 6.07) is 0.00785. The quantitative estimate of drug-likeness (QED) is 0.485. The van der Waals surface area contributed by atoms with Crippen LogP contribution >= 0.6 is 22.7 Å². The smallest absolute Gasteiger partial charge is 0.321 e. The van der Waals surface area contributed by atoms with Crippen molar-refractivity contribution in [1.82, 2.24) is 15.3 Å². The molecular weight excluding hydrogens is 438 g/mol. The Balaban J connectivity index is 1.38. The van der Waals surface area contributed by atoms with Crippen LogP contribution in [0.15, 0.2) is 10.8 Å². The molecule has 2 aromatic heterocycles. The zero-order chi connectivity index (χ0) is 22.1. The van der Waals surface area contributed by atoms with Crippen LogP contribution in [0.1, 0.15) is 56.8 Å². The third kappa shape index (κ3) is 7.91. The van der Waals surface area contributed by atoms with Crippen molar-refractivity contribution in [3.63, 3.8) is 0 Å². The molecule has 3 rings (SSSR count). The molecule has 3 N–H and O–H groups in total. The summed E-state index contributed by atoms with van der Waals surface area (Å²) in [6.45, 7) is 2.07. The lowest BCUT2D eigenvalue weighted by Crippen LogP contribution is -2.38. The van der Waals surface area contributed by atoms with Gasteiger partial charge in [0.2, 0.25) is 5.91 Å². The van der Waals surface area contributed by atoms with Crippen LogP contribution in [-0.4, -0.2) is 40.5 Å². The van der Waals surface area contributed by atoms with E-state index in [2.05, 4.69) is 25.9 Å². The Kier molecular flexibility index (Phi) is 8.77. The number of anilines is 2. The summed E-state index contributed by atoms with van der Waals surface area (Å²) in [5, 5.41) is 13.0. The molecule has 0 radical (unpaired) electrons. The highest BCUT2D eigenvalue weighted by Crippen LogP contribution is 2.20. The number of carbonyl (C=O) groups excluding carboxylic acids is 3. The Labute approximate surface area is 189 Å². The largest absolute Gasteiger partial charge is 0.466 e. The van der Waals surface area contributed by atoms with Gasteiger partial charge < -0.3 is 15.4 Å². The average Bonchev–Trinajstić information content (AvgIpc) is 3.36. The summed E-state index contributed by atoms with van der Waals surface area (Å²) >= 11 is 2.61. The first-order chi connectivity index (χ1) is 15.0. The van der Waals surface area contributed by atoms with E-state index in [4.69, 9.17) is 4.74 Å². The molecule has 0 unspecified atom stereocenters. The SMILES string of the molecule is CCOC(=O)Cc1csc(NC(=O)CCc2csc(NC(=O)NC3CCCCC3)n2)n1. The number of amides is 3. The molecule has 168 valence electrons. The number of esters is 1. The first kappa shape index (κ1) is 23.1. The van der Waals surface area contributed by atoms with Crippen molar-refractivity contribution in [3.8, 4) is 0 Å². The summed E-state index contributed by atoms with van der Waals surface area (Å²) in [6.07, 6.45) is 6.37. The predicted octanol–water partition coefficient (Wildman–Crippen LogP) is 3.73. The lowest BCUT2D eigenvalue weighted by atomic mass is 9.96. The third-order valence-corrected chi connectivity index (χ3v) is 6.36. The first-order valence-electron chi connectivity index (χ1n) is 10.4. The molecule has 1 saturated carbocycles. The maximum absolute atomic E-state index is 12.2. The van der Waals surface area contributed by atoms with Gasteiger partial charge in [0.05, 0.1) is 24.4 Å². The number of rotatable bonds is 9. The maximum Gasteiger partial charge on any atom is 0.321 e. The number of aryl methyl sites for hydroxylation is 1. The van der Waals surface area contributed by atoms with E-state index in [9.17, 15) is 14.4 Å². The number of urea groups is 1. The van der Waals surface area contributed by atoms with E-state index in [1.54, 1.807) is 12.3 Å². The topological polar surface area (TPSA) is 122 Å². The van der Waals surface area contributed by atoms with Gasteiger partial charge in [0.15, 0.2) is 10.3 Å². The number of nitrogens with one attached hydrogen (secondary N) is 3. The molecule has 3 amide bonds. The Morgan fingerprint density at radius 3 is 2.45 bits per heavy atom. The van der Waals surface area contributed by atoms with E-state index in [0.29, 0.717) is 29.0 Å². The Morgan fingerprint density at radius 1 is 1.03 bits per heavy atom. The summed E-state index contributed by atoms with van der Waals surface area (Å²) in [5.41, 5.74) is 1.32. The minimum Gasteiger partial charge on any atom is -0.466 e. The molecule has 9 nitrogen and oxygen atoms in total. The predicted molar refractivity (Wildman–Crippen MR) is 121 cm³/mol. The highest BCUT2D eigenvalue weighted by atomic mass is 32.1. The summed E-state index contributed by atoms with van der Waals surface area (Å²) in [7, 11) is 0. The van der Waals surface area contributed by atoms with E-state index in [-0.39, 0.29) is 36.8 Å². The molecule has 0 bridgehead atoms. The van der Waals surface area contributed by atoms with Crippen LogP contribution in [0.25, 0.3) is 0 Å². The van der Waals surface area contributed by atoms with E-state index in [0.717, 1.165) is 31.4 Å². The summed E-state index contributed by atoms with van der Waals surface area (Å²) in [4.78, 5) is 44.4. The first-order valence-corrected chi connectivity index (χ1v) is 12.2. The van der Waals surface area contributed by atoms with Crippen molar-refractivity contribution in [2.24, 2.45) is 0 Å². The van der Waals surface area contributed by atoms with Gasteiger partial charge in [0, 0.05) is 23.2 Å². The summed E-state index contributed by atoms with van der Waals surface area (Å²) < 4.78 is 4.89. The average molecular weight is 466 g/mol. The van der Waals surface area contributed by atoms with Crippen molar-refractivity contribution in [3.05, 3.63) is 22.1 Å². The number of ether oxygens (including phenoxy) is 1. The van der Waals surface area contributed by atoms with Gasteiger partial charge in [0.1, 0.15) is 0 Å². The standard InChI is InChI=1S/C20H27N5O4S2/c1-2-29-17(27)10-15-12-31-19(23-15)24-16(26)9-8-14-11-30-20(22-14)25-18(28)21-13-6-4-3-5-7-13/h11-13H,2-10H2,1H3,(H,23,24,26)(H2,21,22,25,28). The fraction of sp³-hybridized carbons (Fsp3) is 0.550. The maximum atomic E-state index is 12.2. The minimum atomic E-state index is -0.342. The molecule has 11 heteroatoms. The van der Waals surface area contributed by atoms with Crippen LogP contribution in [-0.2, 0) is 27.2 Å². The van der Waals surface area contributed by atoms with E-state index < -0.39 is 0 Å². The fourth-order valence-electron chi connectivity index (χ4n) is 3.27. The van der Waals surface area contributed by atoms with Gasteiger partial charge in [-0.3, -0.25) is 14.9 Å². The Bertz CT molecular complexity index is 892. The number of aromatic nitrogens is 2. The van der Waals surface area contributed by atoms with Crippen molar-refractivity contribution in [2.75, 3.05) is 17.2 Å². The second-order valence-electron chi connectivity index (χ2n) is 7.25. The van der Waals surface area contributed by atoms with Gasteiger partial charge >= 0.3 is 12.0 Å². The molecule has 2 heterocycles. The van der Waals surface area contributed by atoms with Gasteiger partial charge in [-0.25, -0.2) is 14.8 Å². The van der Waals surface area contributed by atoms with E-state index in [1.807, 2.05) is 5.38 Å². The molecule has 1 aliphatic carbocycles. The van der Waals surface area contributed by atoms with Crippen LogP contribution in [0.3, 0.4) is 0 Å². The van der Waals surface area contributed by atoms with Crippen molar-refractivity contribution in [2.45, 2.75) is 64.3 Å². The molecule has 0 atom stereocenters. The molecular formula is C20H27N5O4S2. The molecule has 2 aromatic rings. The number of hydrogen-bond donors (Lipinski definition) is 3. The zero-order valence-corrected chi connectivity index (χ0v) is 19.1. The highest BCUT2D eigenvalue weighted by molar-refractivity contribution is 7.14. The van der Waals surface area contributed by atoms with Gasteiger partial charge in [-0.05, 0) is 26.2 Å². The van der Waals surface area contributed by atoms with Crippen molar-refractivity contribution in [1.29, 1.82) is 0 Å². The Morgan fingerprint density at radius 2 is 1.71 bits per heavy atom. The second kappa shape index (κ2) is 11.8. The van der Waals surface area contributed by atoms with Crippen molar-refractivity contribution < 1.29 is 19.1 Å². The molecule has 31 heavy (non-hydrogen) atoms. The molecule has 0 saturated heterocycles. The number of nitrogens with zero attached hydrogens (tertiary/aromatic N) is 2. The van der Waals surface area contributed by atoms with Gasteiger partial charge in [0.25, 0.3) is 0 Å². The molecule has 1 fully saturated rings. The third-order valence-electron chi connectivity index (χ3n) is 4.75. The number of thiazole rings is 2. The zero-order valence-electron chi connectivity index (χ0n) is 17.4. The monoisotopic (exact) mass is 465 g/mol. The number of hydrogen-bond acceptors (Lipinski definition) is 8. The minimum absolute atomic E-state index is 0.0864. The lowest BCUT2D eigenvalue weighted by molar-refractivity contribution is -0.142. The van der Waals surface area contributed by atoms with E-state index >= 15 is 0 Å². The normalized spacial score (nSPS) is 14.1. The van der Waals surface area contributed by atoms with Gasteiger partial charge in [-0.2, -0.15) is 0 Å². The van der Waals surface area contributed by atoms with Crippen LogP contribution in [0, 0.1) is 0 Å². The Hall–Kier alpha value is -2.53. The molecule has 0 aromatic carbocycles. The van der Waals surface area contributed by atoms with Crippen molar-refractivity contribution >= 4 is 50.8 Å². The lowest BCUT2D eigenvalue weighted by Gasteiger charge is -2.22. The highest BCUT2D eigenvalue weighted by Gasteiger charge is 2.16. The summed E-state index contributed by atoms with van der Waals surface area (Å²) in [5.74, 6) is -0.527. The second-order valence-corrected chi connectivity index (χ2v) is 8.97. The van der Waals surface area contributed by atoms with Crippen LogP contribution in [0.4, 0.5) is 15.1 Å². The van der Waals surface area contributed by atoms with E-state index in [1.165, 1.54) is 29.1 Å². The molecule has 1 aliphatic rings. The van der Waals surface area contributed by atoms with Crippen LogP contribution < -0.4 is 16.0 Å². The molecule has 0 spiro atoms. The fourth-order valence-corrected chi connectivity index (χ4v) is 4.74. The van der Waals surface area contributed by atoms with Gasteiger partial charge in [-0.1, -0.05) is 19.3 Å². The number of carbonyl (C=O) groups is 3. The van der Waals surface area contributed by atoms with Crippen LogP contribution in [0.5, 0.6) is 0 Å². The molecule has 0 aliphatic heterocycles.